The highest BCUT2D eigenvalue weighted by molar-refractivity contribution is 7.22. The number of hydrogen-bond donors (Lipinski definition) is 3. The SMILES string of the molecule is O=C(O)O.O=C(c1ccc(-c2ccc(Nc3nc4ccccc4s3)c(F)c2)cc1)C1CC1. The molecule has 6 nitrogen and oxygen atoms in total. The van der Waals surface area contributed by atoms with E-state index in [1.54, 1.807) is 6.07 Å². The van der Waals surface area contributed by atoms with Crippen LogP contribution in [0.2, 0.25) is 0 Å². The summed E-state index contributed by atoms with van der Waals surface area (Å²) in [5.41, 5.74) is 3.69. The Balaban J connectivity index is 0.000000567. The number of carbonyl (C=O) groups excluding carboxylic acids is 1. The van der Waals surface area contributed by atoms with Crippen molar-refractivity contribution in [2.75, 3.05) is 5.32 Å². The van der Waals surface area contributed by atoms with E-state index in [-0.39, 0.29) is 17.5 Å². The molecule has 5 rings (SSSR count). The number of aromatic nitrogens is 1. The Morgan fingerprint density at radius 3 is 2.25 bits per heavy atom. The minimum atomic E-state index is -1.83. The lowest BCUT2D eigenvalue weighted by atomic mass is 10.0. The maximum Gasteiger partial charge on any atom is 0.503 e. The second-order valence-corrected chi connectivity index (χ2v) is 8.34. The first kappa shape index (κ1) is 21.5. The monoisotopic (exact) mass is 450 g/mol. The van der Waals surface area contributed by atoms with Gasteiger partial charge in [-0.15, -0.1) is 0 Å². The van der Waals surface area contributed by atoms with E-state index in [4.69, 9.17) is 15.0 Å². The van der Waals surface area contributed by atoms with Gasteiger partial charge in [0.25, 0.3) is 0 Å². The average Bonchev–Trinajstić information content (AvgIpc) is 3.54. The van der Waals surface area contributed by atoms with Crippen molar-refractivity contribution >= 4 is 44.3 Å². The lowest BCUT2D eigenvalue weighted by Crippen LogP contribution is -2.00. The largest absolute Gasteiger partial charge is 0.503 e. The van der Waals surface area contributed by atoms with Crippen LogP contribution < -0.4 is 5.32 Å². The Morgan fingerprint density at radius 2 is 1.62 bits per heavy atom. The molecule has 8 heteroatoms. The topological polar surface area (TPSA) is 99.5 Å². The number of carbonyl (C=O) groups is 2. The van der Waals surface area contributed by atoms with Crippen molar-refractivity contribution in [1.82, 2.24) is 4.98 Å². The molecular formula is C24H19FN2O4S. The summed E-state index contributed by atoms with van der Waals surface area (Å²) < 4.78 is 15.7. The number of halogens is 1. The molecule has 3 N–H and O–H groups in total. The van der Waals surface area contributed by atoms with Crippen molar-refractivity contribution in [2.45, 2.75) is 12.8 Å². The van der Waals surface area contributed by atoms with Crippen molar-refractivity contribution < 1.29 is 24.2 Å². The molecule has 0 saturated heterocycles. The van der Waals surface area contributed by atoms with Gasteiger partial charge in [0.15, 0.2) is 10.9 Å². The molecule has 0 aliphatic heterocycles. The number of carboxylic acid groups (broad SMARTS) is 2. The number of benzene rings is 3. The van der Waals surface area contributed by atoms with Gasteiger partial charge in [-0.3, -0.25) is 4.79 Å². The Bertz CT molecular complexity index is 1250. The predicted octanol–water partition coefficient (Wildman–Crippen LogP) is 6.66. The van der Waals surface area contributed by atoms with Crippen molar-refractivity contribution in [3.8, 4) is 11.1 Å². The molecule has 4 aromatic rings. The Labute approximate surface area is 187 Å². The summed E-state index contributed by atoms with van der Waals surface area (Å²) in [4.78, 5) is 25.2. The van der Waals surface area contributed by atoms with E-state index in [0.717, 1.165) is 39.7 Å². The third-order valence-corrected chi connectivity index (χ3v) is 5.91. The zero-order chi connectivity index (χ0) is 22.7. The second kappa shape index (κ2) is 9.15. The summed E-state index contributed by atoms with van der Waals surface area (Å²) in [6.07, 6.45) is 0.157. The standard InChI is InChI=1S/C23H17FN2OS.CH2O3/c24-18-13-17(14-5-7-15(8-6-14)22(27)16-9-10-16)11-12-19(18)25-23-26-20-3-1-2-4-21(20)28-23;2-1(3)4/h1-8,11-13,16H,9-10H2,(H,25,26);(H2,2,3,4). The highest BCUT2D eigenvalue weighted by Crippen LogP contribution is 2.34. The molecule has 3 aromatic carbocycles. The van der Waals surface area contributed by atoms with Crippen LogP contribution in [0.3, 0.4) is 0 Å². The van der Waals surface area contributed by atoms with Gasteiger partial charge in [-0.2, -0.15) is 0 Å². The molecule has 1 heterocycles. The molecule has 162 valence electrons. The molecule has 0 amide bonds. The molecule has 1 fully saturated rings. The molecule has 1 saturated carbocycles. The number of Topliss-reactive ketones (excluding diaryl/α,β-unsaturated/α-hetero) is 1. The summed E-state index contributed by atoms with van der Waals surface area (Å²) in [6.45, 7) is 0. The van der Waals surface area contributed by atoms with Crippen LogP contribution in [0, 0.1) is 11.7 Å². The number of nitrogens with zero attached hydrogens (tertiary/aromatic N) is 1. The average molecular weight is 450 g/mol. The van der Waals surface area contributed by atoms with Crippen LogP contribution in [0.5, 0.6) is 0 Å². The molecule has 0 atom stereocenters. The molecule has 1 aromatic heterocycles. The third kappa shape index (κ3) is 5.09. The minimum Gasteiger partial charge on any atom is -0.450 e. The van der Waals surface area contributed by atoms with Crippen molar-refractivity contribution in [3.63, 3.8) is 0 Å². The first-order valence-corrected chi connectivity index (χ1v) is 10.7. The first-order valence-electron chi connectivity index (χ1n) is 9.89. The van der Waals surface area contributed by atoms with Gasteiger partial charge >= 0.3 is 6.16 Å². The summed E-state index contributed by atoms with van der Waals surface area (Å²) in [6, 6.07) is 20.4. The van der Waals surface area contributed by atoms with Crippen LogP contribution in [0.25, 0.3) is 21.3 Å². The highest BCUT2D eigenvalue weighted by atomic mass is 32.1. The molecule has 1 aliphatic carbocycles. The zero-order valence-corrected chi connectivity index (χ0v) is 17.6. The van der Waals surface area contributed by atoms with E-state index in [2.05, 4.69) is 10.3 Å². The molecular weight excluding hydrogens is 431 g/mol. The number of fused-ring (bicyclic) bond motifs is 1. The van der Waals surface area contributed by atoms with Crippen LogP contribution in [0.4, 0.5) is 20.0 Å². The van der Waals surface area contributed by atoms with Crippen LogP contribution in [-0.2, 0) is 0 Å². The van der Waals surface area contributed by atoms with Gasteiger partial charge < -0.3 is 15.5 Å². The van der Waals surface area contributed by atoms with Gasteiger partial charge in [0.2, 0.25) is 0 Å². The Hall–Kier alpha value is -3.78. The molecule has 0 unspecified atom stereocenters. The lowest BCUT2D eigenvalue weighted by molar-refractivity contribution is 0.0967. The van der Waals surface area contributed by atoms with E-state index in [9.17, 15) is 9.18 Å². The van der Waals surface area contributed by atoms with E-state index in [1.165, 1.54) is 17.4 Å². The Morgan fingerprint density at radius 1 is 0.969 bits per heavy atom. The second-order valence-electron chi connectivity index (χ2n) is 7.30. The van der Waals surface area contributed by atoms with Gasteiger partial charge in [-0.05, 0) is 48.2 Å². The number of hydrogen-bond acceptors (Lipinski definition) is 5. The highest BCUT2D eigenvalue weighted by Gasteiger charge is 2.30. The maximum atomic E-state index is 14.7. The van der Waals surface area contributed by atoms with Crippen molar-refractivity contribution in [1.29, 1.82) is 0 Å². The van der Waals surface area contributed by atoms with E-state index >= 15 is 0 Å². The smallest absolute Gasteiger partial charge is 0.450 e. The van der Waals surface area contributed by atoms with E-state index in [1.807, 2.05) is 54.6 Å². The van der Waals surface area contributed by atoms with Crippen LogP contribution >= 0.6 is 11.3 Å². The number of ketones is 1. The summed E-state index contributed by atoms with van der Waals surface area (Å²) in [5, 5.41) is 17.7. The predicted molar refractivity (Wildman–Crippen MR) is 122 cm³/mol. The van der Waals surface area contributed by atoms with Gasteiger partial charge in [0, 0.05) is 11.5 Å². The Kier molecular flexibility index (Phi) is 6.13. The first-order chi connectivity index (χ1) is 15.4. The van der Waals surface area contributed by atoms with Gasteiger partial charge in [-0.1, -0.05) is 53.8 Å². The van der Waals surface area contributed by atoms with Crippen LogP contribution in [0.15, 0.2) is 66.7 Å². The number of nitrogens with one attached hydrogen (secondary N) is 1. The summed E-state index contributed by atoms with van der Waals surface area (Å²) >= 11 is 1.49. The maximum absolute atomic E-state index is 14.7. The van der Waals surface area contributed by atoms with E-state index < -0.39 is 6.16 Å². The fourth-order valence-electron chi connectivity index (χ4n) is 3.25. The number of para-hydroxylation sites is 1. The fourth-order valence-corrected chi connectivity index (χ4v) is 4.12. The quantitative estimate of drug-likeness (QED) is 0.294. The lowest BCUT2D eigenvalue weighted by Gasteiger charge is -2.08. The van der Waals surface area contributed by atoms with Gasteiger partial charge in [-0.25, -0.2) is 14.2 Å². The normalized spacial score (nSPS) is 12.7. The van der Waals surface area contributed by atoms with Crippen LogP contribution in [0.1, 0.15) is 23.2 Å². The number of anilines is 2. The molecule has 1 aliphatic rings. The zero-order valence-electron chi connectivity index (χ0n) is 16.8. The third-order valence-electron chi connectivity index (χ3n) is 4.96. The fraction of sp³-hybridized carbons (Fsp3) is 0.125. The molecule has 32 heavy (non-hydrogen) atoms. The number of thiazole rings is 1. The molecule has 0 spiro atoms. The van der Waals surface area contributed by atoms with Crippen molar-refractivity contribution in [3.05, 3.63) is 78.1 Å². The summed E-state index contributed by atoms with van der Waals surface area (Å²) in [7, 11) is 0. The molecule has 0 radical (unpaired) electrons. The van der Waals surface area contributed by atoms with Gasteiger partial charge in [0.05, 0.1) is 15.9 Å². The molecule has 0 bridgehead atoms. The summed E-state index contributed by atoms with van der Waals surface area (Å²) in [5.74, 6) is 0.0826. The van der Waals surface area contributed by atoms with E-state index in [0.29, 0.717) is 10.8 Å². The minimum absolute atomic E-state index is 0.205. The van der Waals surface area contributed by atoms with Crippen molar-refractivity contribution in [2.24, 2.45) is 5.92 Å². The number of rotatable bonds is 5. The van der Waals surface area contributed by atoms with Crippen LogP contribution in [-0.4, -0.2) is 27.1 Å². The van der Waals surface area contributed by atoms with Gasteiger partial charge in [0.1, 0.15) is 5.82 Å².